The molecule has 3 N–H and O–H groups in total. The molecule has 2 rings (SSSR count). The average molecular weight is 297 g/mol. The predicted octanol–water partition coefficient (Wildman–Crippen LogP) is 2.28. The minimum absolute atomic E-state index is 0.0141. The second-order valence-corrected chi connectivity index (χ2v) is 6.63. The molecule has 0 aromatic heterocycles. The van der Waals surface area contributed by atoms with Crippen LogP contribution < -0.4 is 15.2 Å². The lowest BCUT2D eigenvalue weighted by Gasteiger charge is -2.24. The summed E-state index contributed by atoms with van der Waals surface area (Å²) in [5.41, 5.74) is 6.15. The van der Waals surface area contributed by atoms with Gasteiger partial charge in [-0.1, -0.05) is 13.8 Å². The number of fused-ring (bicyclic) bond motifs is 1. The lowest BCUT2D eigenvalue weighted by molar-refractivity contribution is 0.269. The van der Waals surface area contributed by atoms with Crippen LogP contribution in [0.1, 0.15) is 20.3 Å². The van der Waals surface area contributed by atoms with Gasteiger partial charge in [0.05, 0.1) is 19.8 Å². The number of ether oxygens (including phenoxy) is 2. The van der Waals surface area contributed by atoms with Crippen molar-refractivity contribution >= 4 is 11.8 Å². The summed E-state index contributed by atoms with van der Waals surface area (Å²) >= 11 is 1.59. The minimum Gasteiger partial charge on any atom is -0.490 e. The van der Waals surface area contributed by atoms with Crippen LogP contribution in [-0.2, 0) is 0 Å². The van der Waals surface area contributed by atoms with Gasteiger partial charge in [-0.05, 0) is 24.1 Å². The van der Waals surface area contributed by atoms with Crippen molar-refractivity contribution in [2.24, 2.45) is 11.7 Å². The second-order valence-electron chi connectivity index (χ2n) is 5.32. The second kappa shape index (κ2) is 7.20. The van der Waals surface area contributed by atoms with E-state index in [1.165, 1.54) is 0 Å². The van der Waals surface area contributed by atoms with Crippen molar-refractivity contribution in [1.82, 2.24) is 0 Å². The quantitative estimate of drug-likeness (QED) is 0.816. The molecule has 0 fully saturated rings. The fraction of sp³-hybridized carbons (Fsp3) is 0.600. The van der Waals surface area contributed by atoms with Crippen LogP contribution in [0.3, 0.4) is 0 Å². The Hall–Kier alpha value is -0.910. The molecule has 4 nitrogen and oxygen atoms in total. The standard InChI is InChI=1S/C15H23NO3S/c1-10(2)15(16)14(9-17)20-11-4-5-12-13(8-11)19-7-3-6-18-12/h4-5,8,10,14-15,17H,3,6-7,9,16H2,1-2H3. The molecular formula is C15H23NO3S. The van der Waals surface area contributed by atoms with E-state index >= 15 is 0 Å². The van der Waals surface area contributed by atoms with Crippen LogP contribution in [0.25, 0.3) is 0 Å². The summed E-state index contributed by atoms with van der Waals surface area (Å²) in [5, 5.41) is 9.52. The molecule has 112 valence electrons. The highest BCUT2D eigenvalue weighted by molar-refractivity contribution is 8.00. The Morgan fingerprint density at radius 3 is 2.60 bits per heavy atom. The van der Waals surface area contributed by atoms with Gasteiger partial charge in [0.2, 0.25) is 0 Å². The summed E-state index contributed by atoms with van der Waals surface area (Å²) in [6, 6.07) is 5.86. The van der Waals surface area contributed by atoms with Gasteiger partial charge in [0.25, 0.3) is 0 Å². The Kier molecular flexibility index (Phi) is 5.57. The third kappa shape index (κ3) is 3.81. The molecule has 20 heavy (non-hydrogen) atoms. The first-order valence-electron chi connectivity index (χ1n) is 7.04. The van der Waals surface area contributed by atoms with Gasteiger partial charge >= 0.3 is 0 Å². The van der Waals surface area contributed by atoms with Gasteiger partial charge in [0, 0.05) is 22.6 Å². The largest absolute Gasteiger partial charge is 0.490 e. The van der Waals surface area contributed by atoms with Crippen molar-refractivity contribution < 1.29 is 14.6 Å². The molecule has 0 amide bonds. The van der Waals surface area contributed by atoms with Crippen LogP contribution in [0.5, 0.6) is 11.5 Å². The van der Waals surface area contributed by atoms with Crippen LogP contribution in [0, 0.1) is 5.92 Å². The Bertz CT molecular complexity index is 439. The summed E-state index contributed by atoms with van der Waals surface area (Å²) < 4.78 is 11.3. The summed E-state index contributed by atoms with van der Waals surface area (Å²) in [6.07, 6.45) is 0.897. The summed E-state index contributed by atoms with van der Waals surface area (Å²) in [6.45, 7) is 5.58. The number of hydrogen-bond donors (Lipinski definition) is 2. The number of hydrogen-bond acceptors (Lipinski definition) is 5. The van der Waals surface area contributed by atoms with E-state index in [-0.39, 0.29) is 17.9 Å². The molecule has 2 atom stereocenters. The van der Waals surface area contributed by atoms with Gasteiger partial charge in [0.15, 0.2) is 11.5 Å². The topological polar surface area (TPSA) is 64.7 Å². The van der Waals surface area contributed by atoms with Gasteiger partial charge in [-0.25, -0.2) is 0 Å². The maximum Gasteiger partial charge on any atom is 0.162 e. The highest BCUT2D eigenvalue weighted by Gasteiger charge is 2.22. The number of nitrogens with two attached hydrogens (primary N) is 1. The number of thioether (sulfide) groups is 1. The number of aliphatic hydroxyl groups is 1. The average Bonchev–Trinajstić information content (AvgIpc) is 2.68. The maximum atomic E-state index is 9.53. The van der Waals surface area contributed by atoms with E-state index < -0.39 is 0 Å². The first-order chi connectivity index (χ1) is 9.61. The first-order valence-corrected chi connectivity index (χ1v) is 7.92. The number of rotatable bonds is 5. The third-order valence-corrected chi connectivity index (χ3v) is 4.68. The summed E-state index contributed by atoms with van der Waals surface area (Å²) in [5.74, 6) is 1.91. The van der Waals surface area contributed by atoms with Gasteiger partial charge in [-0.2, -0.15) is 0 Å². The Labute approximate surface area is 124 Å². The Morgan fingerprint density at radius 2 is 1.95 bits per heavy atom. The Morgan fingerprint density at radius 1 is 1.25 bits per heavy atom. The molecule has 0 saturated carbocycles. The van der Waals surface area contributed by atoms with Crippen LogP contribution in [0.15, 0.2) is 23.1 Å². The molecule has 1 aromatic carbocycles. The zero-order valence-electron chi connectivity index (χ0n) is 12.0. The van der Waals surface area contributed by atoms with Gasteiger partial charge in [-0.15, -0.1) is 11.8 Å². The molecular weight excluding hydrogens is 274 g/mol. The van der Waals surface area contributed by atoms with E-state index in [2.05, 4.69) is 13.8 Å². The van der Waals surface area contributed by atoms with E-state index in [4.69, 9.17) is 15.2 Å². The van der Waals surface area contributed by atoms with Crippen molar-refractivity contribution in [3.63, 3.8) is 0 Å². The van der Waals surface area contributed by atoms with Gasteiger partial charge in [0.1, 0.15) is 0 Å². The zero-order valence-corrected chi connectivity index (χ0v) is 12.9. The van der Waals surface area contributed by atoms with Crippen LogP contribution in [0.2, 0.25) is 0 Å². The predicted molar refractivity (Wildman–Crippen MR) is 81.6 cm³/mol. The lowest BCUT2D eigenvalue weighted by Crippen LogP contribution is -2.39. The smallest absolute Gasteiger partial charge is 0.162 e. The van der Waals surface area contributed by atoms with Crippen LogP contribution >= 0.6 is 11.8 Å². The SMILES string of the molecule is CC(C)C(N)C(CO)Sc1ccc2c(c1)OCCCO2. The molecule has 2 unspecified atom stereocenters. The molecule has 0 spiro atoms. The fourth-order valence-electron chi connectivity index (χ4n) is 2.06. The molecule has 1 aromatic rings. The van der Waals surface area contributed by atoms with Crippen LogP contribution in [-0.4, -0.2) is 36.2 Å². The van der Waals surface area contributed by atoms with Gasteiger partial charge in [-0.3, -0.25) is 0 Å². The fourth-order valence-corrected chi connectivity index (χ4v) is 3.28. The van der Waals surface area contributed by atoms with E-state index in [0.717, 1.165) is 22.8 Å². The molecule has 1 heterocycles. The highest BCUT2D eigenvalue weighted by Crippen LogP contribution is 2.36. The van der Waals surface area contributed by atoms with Gasteiger partial charge < -0.3 is 20.3 Å². The molecule has 1 aliphatic rings. The summed E-state index contributed by atoms with van der Waals surface area (Å²) in [7, 11) is 0. The first kappa shape index (κ1) is 15.5. The molecule has 0 bridgehead atoms. The zero-order chi connectivity index (χ0) is 14.5. The molecule has 0 saturated heterocycles. The summed E-state index contributed by atoms with van der Waals surface area (Å²) in [4.78, 5) is 1.05. The van der Waals surface area contributed by atoms with Crippen molar-refractivity contribution in [3.8, 4) is 11.5 Å². The van der Waals surface area contributed by atoms with E-state index in [1.54, 1.807) is 11.8 Å². The van der Waals surface area contributed by atoms with E-state index in [0.29, 0.717) is 19.1 Å². The van der Waals surface area contributed by atoms with Crippen molar-refractivity contribution in [3.05, 3.63) is 18.2 Å². The molecule has 5 heteroatoms. The maximum absolute atomic E-state index is 9.53. The number of benzene rings is 1. The normalized spacial score (nSPS) is 17.6. The van der Waals surface area contributed by atoms with Crippen molar-refractivity contribution in [2.75, 3.05) is 19.8 Å². The molecule has 1 aliphatic heterocycles. The lowest BCUT2D eigenvalue weighted by atomic mass is 10.0. The van der Waals surface area contributed by atoms with Crippen molar-refractivity contribution in [1.29, 1.82) is 0 Å². The van der Waals surface area contributed by atoms with Crippen molar-refractivity contribution in [2.45, 2.75) is 36.5 Å². The van der Waals surface area contributed by atoms with Crippen LogP contribution in [0.4, 0.5) is 0 Å². The molecule has 0 radical (unpaired) electrons. The minimum atomic E-state index is -0.0408. The van der Waals surface area contributed by atoms with E-state index in [9.17, 15) is 5.11 Å². The Balaban J connectivity index is 2.11. The third-order valence-electron chi connectivity index (χ3n) is 3.39. The van der Waals surface area contributed by atoms with E-state index in [1.807, 2.05) is 18.2 Å². The monoisotopic (exact) mass is 297 g/mol. The molecule has 0 aliphatic carbocycles. The number of aliphatic hydroxyl groups excluding tert-OH is 1. The highest BCUT2D eigenvalue weighted by atomic mass is 32.2.